The number of hydrogen-bond donors (Lipinski definition) is 1. The highest BCUT2D eigenvalue weighted by Crippen LogP contribution is 2.29. The number of carbonyl (C=O) groups excluding carboxylic acids is 3. The van der Waals surface area contributed by atoms with E-state index in [1.165, 1.54) is 4.90 Å². The summed E-state index contributed by atoms with van der Waals surface area (Å²) in [5.41, 5.74) is 3.99. The zero-order valence-corrected chi connectivity index (χ0v) is 15.5. The van der Waals surface area contributed by atoms with Crippen molar-refractivity contribution < 1.29 is 14.4 Å². The maximum absolute atomic E-state index is 12.5. The van der Waals surface area contributed by atoms with Crippen LogP contribution in [0.5, 0.6) is 0 Å². The Bertz CT molecular complexity index is 947. The second-order valence-electron chi connectivity index (χ2n) is 7.24. The highest BCUT2D eigenvalue weighted by Gasteiger charge is 2.35. The van der Waals surface area contributed by atoms with Gasteiger partial charge in [0, 0.05) is 31.3 Å². The quantitative estimate of drug-likeness (QED) is 0.838. The SMILES string of the molecule is Cc1ccc2c(c1)C(=O)N(CCC(=O)NC1CCCc3c1cnn3C)C2=O. The van der Waals surface area contributed by atoms with Crippen molar-refractivity contribution in [3.8, 4) is 0 Å². The lowest BCUT2D eigenvalue weighted by molar-refractivity contribution is -0.122. The van der Waals surface area contributed by atoms with E-state index in [1.54, 1.807) is 12.1 Å². The van der Waals surface area contributed by atoms with Gasteiger partial charge < -0.3 is 5.32 Å². The molecule has 2 aliphatic rings. The molecule has 1 aliphatic heterocycles. The summed E-state index contributed by atoms with van der Waals surface area (Å²) in [7, 11) is 1.91. The summed E-state index contributed by atoms with van der Waals surface area (Å²) in [6.45, 7) is 1.97. The first-order chi connectivity index (χ1) is 13.0. The van der Waals surface area contributed by atoms with E-state index >= 15 is 0 Å². The number of aryl methyl sites for hydroxylation is 2. The number of nitrogens with one attached hydrogen (secondary N) is 1. The van der Waals surface area contributed by atoms with Crippen LogP contribution in [0.3, 0.4) is 0 Å². The molecule has 1 atom stereocenters. The van der Waals surface area contributed by atoms with E-state index in [9.17, 15) is 14.4 Å². The Balaban J connectivity index is 1.39. The molecule has 1 unspecified atom stereocenters. The van der Waals surface area contributed by atoms with Gasteiger partial charge in [-0.1, -0.05) is 11.6 Å². The predicted octanol–water partition coefficient (Wildman–Crippen LogP) is 1.91. The second kappa shape index (κ2) is 6.64. The number of hydrogen-bond acceptors (Lipinski definition) is 4. The zero-order chi connectivity index (χ0) is 19.1. The first kappa shape index (κ1) is 17.5. The lowest BCUT2D eigenvalue weighted by Gasteiger charge is -2.24. The molecule has 7 nitrogen and oxygen atoms in total. The van der Waals surface area contributed by atoms with Crippen LogP contribution < -0.4 is 5.32 Å². The van der Waals surface area contributed by atoms with Gasteiger partial charge in [-0.05, 0) is 38.3 Å². The van der Waals surface area contributed by atoms with Crippen LogP contribution in [0.15, 0.2) is 24.4 Å². The highest BCUT2D eigenvalue weighted by atomic mass is 16.2. The van der Waals surface area contributed by atoms with Gasteiger partial charge in [-0.25, -0.2) is 0 Å². The highest BCUT2D eigenvalue weighted by molar-refractivity contribution is 6.21. The van der Waals surface area contributed by atoms with Gasteiger partial charge in [-0.2, -0.15) is 5.10 Å². The molecule has 1 aromatic carbocycles. The number of imide groups is 1. The molecule has 1 aromatic heterocycles. The molecule has 0 saturated carbocycles. The summed E-state index contributed by atoms with van der Waals surface area (Å²) in [5, 5.41) is 7.31. The number of carbonyl (C=O) groups is 3. The smallest absolute Gasteiger partial charge is 0.261 e. The van der Waals surface area contributed by atoms with Crippen molar-refractivity contribution in [1.29, 1.82) is 0 Å². The molecule has 140 valence electrons. The Morgan fingerprint density at radius 2 is 2.04 bits per heavy atom. The third-order valence-electron chi connectivity index (χ3n) is 5.40. The summed E-state index contributed by atoms with van der Waals surface area (Å²) in [4.78, 5) is 38.5. The van der Waals surface area contributed by atoms with E-state index in [2.05, 4.69) is 10.4 Å². The summed E-state index contributed by atoms with van der Waals surface area (Å²) in [6.07, 6.45) is 4.74. The van der Waals surface area contributed by atoms with E-state index in [0.717, 1.165) is 36.1 Å². The minimum atomic E-state index is -0.324. The molecule has 27 heavy (non-hydrogen) atoms. The Morgan fingerprint density at radius 3 is 2.85 bits per heavy atom. The topological polar surface area (TPSA) is 84.3 Å². The van der Waals surface area contributed by atoms with Gasteiger partial charge in [-0.15, -0.1) is 0 Å². The molecular formula is C20H22N4O3. The van der Waals surface area contributed by atoms with Crippen LogP contribution in [-0.2, 0) is 18.3 Å². The minimum absolute atomic E-state index is 0.0558. The van der Waals surface area contributed by atoms with Gasteiger partial charge in [0.1, 0.15) is 0 Å². The van der Waals surface area contributed by atoms with Crippen LogP contribution >= 0.6 is 0 Å². The number of amides is 3. The van der Waals surface area contributed by atoms with Crippen molar-refractivity contribution in [3.05, 3.63) is 52.3 Å². The molecule has 4 rings (SSSR count). The lowest BCUT2D eigenvalue weighted by Crippen LogP contribution is -2.36. The van der Waals surface area contributed by atoms with Gasteiger partial charge >= 0.3 is 0 Å². The molecule has 1 N–H and O–H groups in total. The van der Waals surface area contributed by atoms with E-state index < -0.39 is 0 Å². The van der Waals surface area contributed by atoms with Gasteiger partial charge in [0.2, 0.25) is 5.91 Å². The molecule has 0 radical (unpaired) electrons. The average molecular weight is 366 g/mol. The average Bonchev–Trinajstić information content (AvgIpc) is 3.13. The number of aromatic nitrogens is 2. The first-order valence-electron chi connectivity index (χ1n) is 9.22. The normalized spacial score (nSPS) is 18.4. The monoisotopic (exact) mass is 366 g/mol. The van der Waals surface area contributed by atoms with Crippen molar-refractivity contribution in [2.45, 2.75) is 38.6 Å². The predicted molar refractivity (Wildman–Crippen MR) is 98.2 cm³/mol. The van der Waals surface area contributed by atoms with Gasteiger partial charge in [0.25, 0.3) is 11.8 Å². The van der Waals surface area contributed by atoms with Crippen molar-refractivity contribution >= 4 is 17.7 Å². The molecule has 0 spiro atoms. The number of rotatable bonds is 4. The van der Waals surface area contributed by atoms with Gasteiger partial charge in [0.05, 0.1) is 23.4 Å². The molecule has 0 bridgehead atoms. The molecule has 2 heterocycles. The number of nitrogens with zero attached hydrogens (tertiary/aromatic N) is 3. The Hall–Kier alpha value is -2.96. The maximum atomic E-state index is 12.5. The zero-order valence-electron chi connectivity index (χ0n) is 15.5. The van der Waals surface area contributed by atoms with Crippen LogP contribution in [0, 0.1) is 6.92 Å². The van der Waals surface area contributed by atoms with Crippen LogP contribution in [0.4, 0.5) is 0 Å². The number of benzene rings is 1. The summed E-state index contributed by atoms with van der Waals surface area (Å²) < 4.78 is 1.86. The molecule has 0 saturated heterocycles. The third kappa shape index (κ3) is 3.03. The maximum Gasteiger partial charge on any atom is 0.261 e. The van der Waals surface area contributed by atoms with Crippen molar-refractivity contribution in [2.75, 3.05) is 6.54 Å². The molecule has 0 fully saturated rings. The molecule has 1 aliphatic carbocycles. The Labute approximate surface area is 157 Å². The van der Waals surface area contributed by atoms with Crippen LogP contribution in [0.25, 0.3) is 0 Å². The molecule has 7 heteroatoms. The Kier molecular flexibility index (Phi) is 4.30. The van der Waals surface area contributed by atoms with Crippen LogP contribution in [0.2, 0.25) is 0 Å². The lowest BCUT2D eigenvalue weighted by atomic mass is 9.93. The fourth-order valence-electron chi connectivity index (χ4n) is 3.94. The molecule has 2 aromatic rings. The van der Waals surface area contributed by atoms with Crippen molar-refractivity contribution in [1.82, 2.24) is 20.0 Å². The fraction of sp³-hybridized carbons (Fsp3) is 0.400. The van der Waals surface area contributed by atoms with E-state index in [4.69, 9.17) is 0 Å². The minimum Gasteiger partial charge on any atom is -0.349 e. The van der Waals surface area contributed by atoms with Gasteiger partial charge in [-0.3, -0.25) is 24.0 Å². The third-order valence-corrected chi connectivity index (χ3v) is 5.40. The summed E-state index contributed by atoms with van der Waals surface area (Å²) in [6, 6.07) is 5.16. The van der Waals surface area contributed by atoms with E-state index in [0.29, 0.717) is 11.1 Å². The molecular weight excluding hydrogens is 344 g/mol. The van der Waals surface area contributed by atoms with Gasteiger partial charge in [0.15, 0.2) is 0 Å². The van der Waals surface area contributed by atoms with Crippen LogP contribution in [0.1, 0.15) is 62.8 Å². The number of fused-ring (bicyclic) bond motifs is 2. The van der Waals surface area contributed by atoms with Crippen molar-refractivity contribution in [3.63, 3.8) is 0 Å². The van der Waals surface area contributed by atoms with Crippen LogP contribution in [-0.4, -0.2) is 38.9 Å². The fourth-order valence-corrected chi connectivity index (χ4v) is 3.94. The second-order valence-corrected chi connectivity index (χ2v) is 7.24. The van der Waals surface area contributed by atoms with E-state index in [-0.39, 0.29) is 36.7 Å². The summed E-state index contributed by atoms with van der Waals surface area (Å²) in [5.74, 6) is -0.807. The first-order valence-corrected chi connectivity index (χ1v) is 9.22. The molecule has 3 amide bonds. The Morgan fingerprint density at radius 1 is 1.26 bits per heavy atom. The largest absolute Gasteiger partial charge is 0.349 e. The van der Waals surface area contributed by atoms with Crippen molar-refractivity contribution in [2.24, 2.45) is 7.05 Å². The van der Waals surface area contributed by atoms with E-state index in [1.807, 2.05) is 30.9 Å². The summed E-state index contributed by atoms with van der Waals surface area (Å²) >= 11 is 0. The standard InChI is InChI=1S/C20H22N4O3/c1-12-6-7-13-14(10-12)20(27)24(19(13)26)9-8-18(25)22-16-4-3-5-17-15(16)11-21-23(17)2/h6-7,10-11,16H,3-5,8-9H2,1-2H3,(H,22,25).